The predicted molar refractivity (Wildman–Crippen MR) is 48.8 cm³/mol. The summed E-state index contributed by atoms with van der Waals surface area (Å²) in [5, 5.41) is 0.973. The predicted octanol–water partition coefficient (Wildman–Crippen LogP) is 2.61. The van der Waals surface area contributed by atoms with E-state index in [0.29, 0.717) is 6.10 Å². The van der Waals surface area contributed by atoms with Gasteiger partial charge in [-0.25, -0.2) is 0 Å². The average Bonchev–Trinajstić information content (AvgIpc) is 2.75. The van der Waals surface area contributed by atoms with E-state index >= 15 is 0 Å². The van der Waals surface area contributed by atoms with Crippen LogP contribution < -0.4 is 4.74 Å². The summed E-state index contributed by atoms with van der Waals surface area (Å²) in [5.74, 6) is 0. The van der Waals surface area contributed by atoms with Crippen LogP contribution >= 0.6 is 11.3 Å². The standard InChI is InChI=1S/C9H12O2S/c1-10-9-5-4-8(12-9)7-3-2-6-11-7/h4-5,7H,2-3,6H2,1H3. The van der Waals surface area contributed by atoms with Crippen LogP contribution in [0.5, 0.6) is 5.06 Å². The van der Waals surface area contributed by atoms with Crippen molar-refractivity contribution in [2.24, 2.45) is 0 Å². The van der Waals surface area contributed by atoms with E-state index in [1.807, 2.05) is 6.07 Å². The van der Waals surface area contributed by atoms with Gasteiger partial charge in [0.1, 0.15) is 0 Å². The van der Waals surface area contributed by atoms with E-state index in [4.69, 9.17) is 9.47 Å². The third kappa shape index (κ3) is 1.47. The third-order valence-corrected chi connectivity index (χ3v) is 3.19. The first-order valence-corrected chi connectivity index (χ1v) is 4.97. The molecular weight excluding hydrogens is 172 g/mol. The summed E-state index contributed by atoms with van der Waals surface area (Å²) in [6, 6.07) is 4.10. The van der Waals surface area contributed by atoms with Crippen molar-refractivity contribution < 1.29 is 9.47 Å². The molecule has 1 aliphatic heterocycles. The minimum atomic E-state index is 0.332. The Kier molecular flexibility index (Phi) is 2.33. The molecule has 1 aliphatic rings. The fraction of sp³-hybridized carbons (Fsp3) is 0.556. The molecule has 1 aromatic rings. The van der Waals surface area contributed by atoms with Crippen LogP contribution in [-0.2, 0) is 4.74 Å². The minimum absolute atomic E-state index is 0.332. The molecule has 0 radical (unpaired) electrons. The zero-order chi connectivity index (χ0) is 8.39. The second-order valence-corrected chi connectivity index (χ2v) is 3.94. The second-order valence-electron chi connectivity index (χ2n) is 2.86. The molecule has 1 unspecified atom stereocenters. The molecule has 1 atom stereocenters. The highest BCUT2D eigenvalue weighted by Gasteiger charge is 2.19. The van der Waals surface area contributed by atoms with Crippen LogP contribution in [0.25, 0.3) is 0 Å². The number of hydrogen-bond donors (Lipinski definition) is 0. The Morgan fingerprint density at radius 1 is 1.58 bits per heavy atom. The van der Waals surface area contributed by atoms with E-state index in [1.54, 1.807) is 18.4 Å². The van der Waals surface area contributed by atoms with Gasteiger partial charge in [-0.05, 0) is 25.0 Å². The van der Waals surface area contributed by atoms with E-state index < -0.39 is 0 Å². The minimum Gasteiger partial charge on any atom is -0.487 e. The van der Waals surface area contributed by atoms with Crippen LogP contribution in [0, 0.1) is 0 Å². The van der Waals surface area contributed by atoms with Gasteiger partial charge >= 0.3 is 0 Å². The van der Waals surface area contributed by atoms with Gasteiger partial charge in [0.15, 0.2) is 5.06 Å². The lowest BCUT2D eigenvalue weighted by molar-refractivity contribution is 0.114. The van der Waals surface area contributed by atoms with Crippen LogP contribution in [0.3, 0.4) is 0 Å². The molecule has 0 saturated carbocycles. The summed E-state index contributed by atoms with van der Waals surface area (Å²) in [6.45, 7) is 0.908. The van der Waals surface area contributed by atoms with Crippen LogP contribution in [0.2, 0.25) is 0 Å². The third-order valence-electron chi connectivity index (χ3n) is 2.05. The maximum Gasteiger partial charge on any atom is 0.173 e. The molecule has 1 saturated heterocycles. The first kappa shape index (κ1) is 8.08. The van der Waals surface area contributed by atoms with Crippen LogP contribution in [0.15, 0.2) is 12.1 Å². The van der Waals surface area contributed by atoms with Gasteiger partial charge in [0.05, 0.1) is 13.2 Å². The maximum atomic E-state index is 5.55. The van der Waals surface area contributed by atoms with E-state index in [1.165, 1.54) is 11.3 Å². The Labute approximate surface area is 76.1 Å². The SMILES string of the molecule is COc1ccc(C2CCCO2)s1. The molecular formula is C9H12O2S. The molecule has 0 spiro atoms. The molecule has 12 heavy (non-hydrogen) atoms. The largest absolute Gasteiger partial charge is 0.487 e. The summed E-state index contributed by atoms with van der Waals surface area (Å²) in [7, 11) is 1.70. The molecule has 2 heterocycles. The first-order chi connectivity index (χ1) is 5.90. The molecule has 1 aromatic heterocycles. The van der Waals surface area contributed by atoms with E-state index in [-0.39, 0.29) is 0 Å². The fourth-order valence-corrected chi connectivity index (χ4v) is 2.32. The van der Waals surface area contributed by atoms with Crippen molar-refractivity contribution in [2.75, 3.05) is 13.7 Å². The molecule has 3 heteroatoms. The zero-order valence-corrected chi connectivity index (χ0v) is 7.89. The average molecular weight is 184 g/mol. The van der Waals surface area contributed by atoms with Crippen LogP contribution in [0.4, 0.5) is 0 Å². The lowest BCUT2D eigenvalue weighted by Gasteiger charge is -2.04. The second kappa shape index (κ2) is 3.46. The maximum absolute atomic E-state index is 5.55. The lowest BCUT2D eigenvalue weighted by atomic mass is 10.2. The zero-order valence-electron chi connectivity index (χ0n) is 7.08. The molecule has 2 rings (SSSR count). The monoisotopic (exact) mass is 184 g/mol. The van der Waals surface area contributed by atoms with Crippen molar-refractivity contribution in [3.05, 3.63) is 17.0 Å². The van der Waals surface area contributed by atoms with Crippen molar-refractivity contribution in [3.63, 3.8) is 0 Å². The topological polar surface area (TPSA) is 18.5 Å². The molecule has 0 bridgehead atoms. The number of rotatable bonds is 2. The normalized spacial score (nSPS) is 22.9. The molecule has 2 nitrogen and oxygen atoms in total. The van der Waals surface area contributed by atoms with Crippen LogP contribution in [-0.4, -0.2) is 13.7 Å². The first-order valence-electron chi connectivity index (χ1n) is 4.15. The number of ether oxygens (including phenoxy) is 2. The summed E-state index contributed by atoms with van der Waals surface area (Å²) < 4.78 is 10.7. The Hall–Kier alpha value is -0.540. The Bertz CT molecular complexity index is 251. The highest BCUT2D eigenvalue weighted by molar-refractivity contribution is 7.13. The quantitative estimate of drug-likeness (QED) is 0.703. The lowest BCUT2D eigenvalue weighted by Crippen LogP contribution is -1.90. The Morgan fingerprint density at radius 2 is 2.50 bits per heavy atom. The van der Waals surface area contributed by atoms with Gasteiger partial charge in [0, 0.05) is 11.5 Å². The summed E-state index contributed by atoms with van der Waals surface area (Å²) in [4.78, 5) is 1.30. The van der Waals surface area contributed by atoms with Crippen molar-refractivity contribution in [1.82, 2.24) is 0 Å². The molecule has 66 valence electrons. The molecule has 0 aromatic carbocycles. The Balaban J connectivity index is 2.11. The van der Waals surface area contributed by atoms with Crippen molar-refractivity contribution >= 4 is 11.3 Å². The molecule has 1 fully saturated rings. The molecule has 0 aliphatic carbocycles. The number of thiophene rings is 1. The van der Waals surface area contributed by atoms with Gasteiger partial charge in [-0.1, -0.05) is 0 Å². The summed E-state index contributed by atoms with van der Waals surface area (Å²) in [6.07, 6.45) is 2.67. The van der Waals surface area contributed by atoms with Gasteiger partial charge in [-0.2, -0.15) is 0 Å². The van der Waals surface area contributed by atoms with Crippen molar-refractivity contribution in [3.8, 4) is 5.06 Å². The van der Waals surface area contributed by atoms with E-state index in [2.05, 4.69) is 6.07 Å². The summed E-state index contributed by atoms with van der Waals surface area (Å²) >= 11 is 1.68. The highest BCUT2D eigenvalue weighted by atomic mass is 32.1. The fourth-order valence-electron chi connectivity index (χ4n) is 1.42. The number of methoxy groups -OCH3 is 1. The van der Waals surface area contributed by atoms with E-state index in [9.17, 15) is 0 Å². The van der Waals surface area contributed by atoms with E-state index in [0.717, 1.165) is 18.1 Å². The summed E-state index contributed by atoms with van der Waals surface area (Å²) in [5.41, 5.74) is 0. The molecule has 0 N–H and O–H groups in total. The van der Waals surface area contributed by atoms with Crippen LogP contribution in [0.1, 0.15) is 23.8 Å². The van der Waals surface area contributed by atoms with Gasteiger partial charge in [-0.15, -0.1) is 11.3 Å². The van der Waals surface area contributed by atoms with Crippen molar-refractivity contribution in [2.45, 2.75) is 18.9 Å². The number of hydrogen-bond acceptors (Lipinski definition) is 3. The van der Waals surface area contributed by atoms with Gasteiger partial charge in [0.2, 0.25) is 0 Å². The van der Waals surface area contributed by atoms with Crippen molar-refractivity contribution in [1.29, 1.82) is 0 Å². The highest BCUT2D eigenvalue weighted by Crippen LogP contribution is 2.35. The Morgan fingerprint density at radius 3 is 3.08 bits per heavy atom. The smallest absolute Gasteiger partial charge is 0.173 e. The van der Waals surface area contributed by atoms with Gasteiger partial charge in [-0.3, -0.25) is 0 Å². The van der Waals surface area contributed by atoms with Gasteiger partial charge < -0.3 is 9.47 Å². The van der Waals surface area contributed by atoms with Gasteiger partial charge in [0.25, 0.3) is 0 Å². The molecule has 0 amide bonds.